The second-order valence-electron chi connectivity index (χ2n) is 6.37. The highest BCUT2D eigenvalue weighted by Gasteiger charge is 2.04. The summed E-state index contributed by atoms with van der Waals surface area (Å²) < 4.78 is 5.79. The molecule has 1 heterocycles. The molecule has 0 fully saturated rings. The van der Waals surface area contributed by atoms with Gasteiger partial charge in [0, 0.05) is 26.6 Å². The molecular weight excluding hydrogens is 437 g/mol. The number of rotatable bonds is 7. The Morgan fingerprint density at radius 1 is 1.00 bits per heavy atom. The van der Waals surface area contributed by atoms with Crippen LogP contribution in [0.3, 0.4) is 0 Å². The van der Waals surface area contributed by atoms with Crippen LogP contribution in [0.4, 0.5) is 5.13 Å². The Morgan fingerprint density at radius 3 is 2.57 bits per heavy atom. The second-order valence-corrected chi connectivity index (χ2v) is 8.07. The van der Waals surface area contributed by atoms with Crippen LogP contribution in [0.25, 0.3) is 11.3 Å². The van der Waals surface area contributed by atoms with Gasteiger partial charge in [0.25, 0.3) is 0 Å². The number of hydrazone groups is 1. The fourth-order valence-electron chi connectivity index (χ4n) is 2.68. The molecule has 3 aromatic carbocycles. The maximum Gasteiger partial charge on any atom is 0.203 e. The van der Waals surface area contributed by atoms with Gasteiger partial charge in [-0.2, -0.15) is 5.10 Å². The van der Waals surface area contributed by atoms with Crippen molar-refractivity contribution in [2.75, 3.05) is 5.43 Å². The largest absolute Gasteiger partial charge is 0.489 e. The van der Waals surface area contributed by atoms with Crippen molar-refractivity contribution in [2.45, 2.75) is 6.61 Å². The molecule has 0 saturated carbocycles. The Morgan fingerprint density at radius 2 is 1.80 bits per heavy atom. The van der Waals surface area contributed by atoms with E-state index in [4.69, 9.17) is 27.9 Å². The van der Waals surface area contributed by atoms with Gasteiger partial charge < -0.3 is 4.74 Å². The number of hydrogen-bond donors (Lipinski definition) is 1. The molecule has 150 valence electrons. The van der Waals surface area contributed by atoms with Gasteiger partial charge in [0.05, 0.1) is 11.9 Å². The molecule has 0 atom stereocenters. The summed E-state index contributed by atoms with van der Waals surface area (Å²) in [5.41, 5.74) is 6.82. The van der Waals surface area contributed by atoms with Gasteiger partial charge in [-0.3, -0.25) is 5.43 Å². The average molecular weight is 454 g/mol. The van der Waals surface area contributed by atoms with Crippen molar-refractivity contribution >= 4 is 45.9 Å². The zero-order chi connectivity index (χ0) is 20.8. The van der Waals surface area contributed by atoms with Gasteiger partial charge in [0.2, 0.25) is 5.13 Å². The maximum atomic E-state index is 6.17. The van der Waals surface area contributed by atoms with Gasteiger partial charge >= 0.3 is 0 Å². The number of nitrogens with zero attached hydrogens (tertiary/aromatic N) is 2. The lowest BCUT2D eigenvalue weighted by Gasteiger charge is -2.08. The Hall–Kier alpha value is -2.86. The van der Waals surface area contributed by atoms with Crippen LogP contribution >= 0.6 is 34.5 Å². The minimum atomic E-state index is 0.374. The van der Waals surface area contributed by atoms with Gasteiger partial charge in [-0.05, 0) is 42.0 Å². The minimum Gasteiger partial charge on any atom is -0.489 e. The van der Waals surface area contributed by atoms with Crippen LogP contribution in [0.5, 0.6) is 5.75 Å². The molecule has 4 rings (SSSR count). The number of anilines is 1. The van der Waals surface area contributed by atoms with Crippen molar-refractivity contribution < 1.29 is 4.74 Å². The Bertz CT molecular complexity index is 1140. The van der Waals surface area contributed by atoms with Gasteiger partial charge in [-0.1, -0.05) is 59.6 Å². The lowest BCUT2D eigenvalue weighted by molar-refractivity contribution is 0.306. The zero-order valence-corrected chi connectivity index (χ0v) is 18.1. The number of ether oxygens (including phenoxy) is 1. The molecule has 0 aliphatic carbocycles. The fourth-order valence-corrected chi connectivity index (χ4v) is 3.81. The third-order valence-corrected chi connectivity index (χ3v) is 5.57. The molecule has 0 saturated heterocycles. The molecule has 0 radical (unpaired) electrons. The lowest BCUT2D eigenvalue weighted by Crippen LogP contribution is -1.96. The lowest BCUT2D eigenvalue weighted by atomic mass is 10.2. The van der Waals surface area contributed by atoms with Crippen LogP contribution in [0.1, 0.15) is 11.1 Å². The summed E-state index contributed by atoms with van der Waals surface area (Å²) >= 11 is 13.6. The van der Waals surface area contributed by atoms with E-state index in [1.54, 1.807) is 18.3 Å². The molecule has 30 heavy (non-hydrogen) atoms. The van der Waals surface area contributed by atoms with E-state index in [-0.39, 0.29) is 0 Å². The van der Waals surface area contributed by atoms with E-state index in [1.165, 1.54) is 11.3 Å². The highest BCUT2D eigenvalue weighted by Crippen LogP contribution is 2.25. The van der Waals surface area contributed by atoms with Gasteiger partial charge in [0.1, 0.15) is 12.4 Å². The quantitative estimate of drug-likeness (QED) is 0.238. The number of hydrogen-bond acceptors (Lipinski definition) is 5. The molecule has 0 aliphatic rings. The Labute approximate surface area is 188 Å². The minimum absolute atomic E-state index is 0.374. The molecule has 4 aromatic rings. The molecule has 0 amide bonds. The highest BCUT2D eigenvalue weighted by molar-refractivity contribution is 7.14. The van der Waals surface area contributed by atoms with Crippen LogP contribution < -0.4 is 10.2 Å². The summed E-state index contributed by atoms with van der Waals surface area (Å²) in [6, 6.07) is 23.1. The summed E-state index contributed by atoms with van der Waals surface area (Å²) in [6.45, 7) is 0.374. The van der Waals surface area contributed by atoms with Crippen molar-refractivity contribution in [3.63, 3.8) is 0 Å². The fraction of sp³-hybridized carbons (Fsp3) is 0.0435. The first kappa shape index (κ1) is 20.4. The van der Waals surface area contributed by atoms with E-state index >= 15 is 0 Å². The first-order chi connectivity index (χ1) is 14.7. The Kier molecular flexibility index (Phi) is 6.64. The highest BCUT2D eigenvalue weighted by atomic mass is 35.5. The van der Waals surface area contributed by atoms with Crippen molar-refractivity contribution in [2.24, 2.45) is 5.10 Å². The zero-order valence-electron chi connectivity index (χ0n) is 15.8. The summed E-state index contributed by atoms with van der Waals surface area (Å²) in [5.74, 6) is 0.749. The van der Waals surface area contributed by atoms with Gasteiger partial charge in [0.15, 0.2) is 0 Å². The van der Waals surface area contributed by atoms with E-state index in [0.29, 0.717) is 16.7 Å². The predicted molar refractivity (Wildman–Crippen MR) is 126 cm³/mol. The normalized spacial score (nSPS) is 11.0. The maximum absolute atomic E-state index is 6.17. The number of benzene rings is 3. The average Bonchev–Trinajstić information content (AvgIpc) is 3.24. The topological polar surface area (TPSA) is 46.5 Å². The van der Waals surface area contributed by atoms with Crippen molar-refractivity contribution in [1.29, 1.82) is 0 Å². The summed E-state index contributed by atoms with van der Waals surface area (Å²) in [5, 5.41) is 8.21. The van der Waals surface area contributed by atoms with Crippen molar-refractivity contribution in [3.8, 4) is 17.0 Å². The van der Waals surface area contributed by atoms with E-state index in [1.807, 2.05) is 66.0 Å². The number of aromatic nitrogens is 1. The molecule has 4 nitrogen and oxygen atoms in total. The van der Waals surface area contributed by atoms with Crippen LogP contribution in [-0.4, -0.2) is 11.2 Å². The van der Waals surface area contributed by atoms with Crippen LogP contribution in [-0.2, 0) is 6.61 Å². The molecule has 1 aromatic heterocycles. The molecule has 1 N–H and O–H groups in total. The third kappa shape index (κ3) is 5.39. The smallest absolute Gasteiger partial charge is 0.203 e. The van der Waals surface area contributed by atoms with E-state index in [0.717, 1.165) is 33.3 Å². The van der Waals surface area contributed by atoms with E-state index in [9.17, 15) is 0 Å². The molecule has 0 bridgehead atoms. The number of halogens is 2. The monoisotopic (exact) mass is 453 g/mol. The summed E-state index contributed by atoms with van der Waals surface area (Å²) in [7, 11) is 0. The number of thiazole rings is 1. The van der Waals surface area contributed by atoms with Crippen LogP contribution in [0, 0.1) is 0 Å². The molecule has 0 spiro atoms. The first-order valence-electron chi connectivity index (χ1n) is 9.14. The first-order valence-corrected chi connectivity index (χ1v) is 10.8. The standard InChI is InChI=1S/C23H17Cl2N3OS/c24-19-9-8-18(21(25)12-19)14-29-20-10-6-16(7-11-20)13-26-28-23-27-22(15-30-23)17-4-2-1-3-5-17/h1-13,15H,14H2,(H,27,28). The third-order valence-electron chi connectivity index (χ3n) is 4.24. The number of nitrogens with one attached hydrogen (secondary N) is 1. The summed E-state index contributed by atoms with van der Waals surface area (Å²) in [6.07, 6.45) is 1.74. The molecule has 7 heteroatoms. The SMILES string of the molecule is Clc1ccc(COc2ccc(C=NNc3nc(-c4ccccc4)cs3)cc2)c(Cl)c1. The van der Waals surface area contributed by atoms with Crippen LogP contribution in [0.15, 0.2) is 83.3 Å². The van der Waals surface area contributed by atoms with Crippen molar-refractivity contribution in [1.82, 2.24) is 4.98 Å². The molecular formula is C23H17Cl2N3OS. The van der Waals surface area contributed by atoms with Gasteiger partial charge in [-0.15, -0.1) is 11.3 Å². The summed E-state index contributed by atoms with van der Waals surface area (Å²) in [4.78, 5) is 4.55. The van der Waals surface area contributed by atoms with Gasteiger partial charge in [-0.25, -0.2) is 4.98 Å². The van der Waals surface area contributed by atoms with E-state index in [2.05, 4.69) is 15.5 Å². The molecule has 0 aliphatic heterocycles. The Balaban J connectivity index is 1.31. The second kappa shape index (κ2) is 9.76. The molecule has 0 unspecified atom stereocenters. The van der Waals surface area contributed by atoms with Crippen molar-refractivity contribution in [3.05, 3.63) is 99.3 Å². The van der Waals surface area contributed by atoms with E-state index < -0.39 is 0 Å². The van der Waals surface area contributed by atoms with Crippen LogP contribution in [0.2, 0.25) is 10.0 Å². The predicted octanol–water partition coefficient (Wildman–Crippen LogP) is 7.14.